The Bertz CT molecular complexity index is 196. The van der Waals surface area contributed by atoms with Crippen LogP contribution in [0.4, 0.5) is 0 Å². The maximum atomic E-state index is 5.25. The first kappa shape index (κ1) is 18.6. The molecular weight excluding hydrogens is 280 g/mol. The average Bonchev–Trinajstić information content (AvgIpc) is 2.33. The minimum Gasteiger partial charge on any atom is -2.00 e. The quantitative estimate of drug-likeness (QED) is 0.668. The van der Waals surface area contributed by atoms with Crippen molar-refractivity contribution in [1.82, 2.24) is 0 Å². The normalized spacial score (nSPS) is 10.8. The Labute approximate surface area is 93.9 Å². The van der Waals surface area contributed by atoms with E-state index in [0.29, 0.717) is 13.2 Å². The van der Waals surface area contributed by atoms with Crippen LogP contribution in [0.3, 0.4) is 0 Å². The summed E-state index contributed by atoms with van der Waals surface area (Å²) in [7, 11) is 0. The van der Waals surface area contributed by atoms with Gasteiger partial charge >= 0.3 is 21.1 Å². The molecule has 0 fully saturated rings. The molecule has 0 aliphatic carbocycles. The number of hydrogen-bond donors (Lipinski definition) is 0. The second-order valence-electron chi connectivity index (χ2n) is 1.80. The summed E-state index contributed by atoms with van der Waals surface area (Å²) in [6.07, 6.45) is 0. The summed E-state index contributed by atoms with van der Waals surface area (Å²) < 4.78 is 10.5. The summed E-state index contributed by atoms with van der Waals surface area (Å²) in [4.78, 5) is 0. The molecule has 0 spiro atoms. The first-order valence-electron chi connectivity index (χ1n) is 2.78. The van der Waals surface area contributed by atoms with Crippen LogP contribution >= 0.6 is 11.3 Å². The molecule has 0 aromatic carbocycles. The zero-order valence-electron chi connectivity index (χ0n) is 6.43. The molecule has 0 N–H and O–H groups in total. The molecule has 1 aliphatic heterocycles. The maximum absolute atomic E-state index is 5.25. The van der Waals surface area contributed by atoms with Crippen LogP contribution in [0, 0.1) is 0 Å². The van der Waals surface area contributed by atoms with Gasteiger partial charge in [-0.2, -0.15) is 0 Å². The van der Waals surface area contributed by atoms with E-state index in [9.17, 15) is 0 Å². The summed E-state index contributed by atoms with van der Waals surface area (Å²) in [6, 6.07) is 0. The first-order valence-corrected chi connectivity index (χ1v) is 3.73. The molecule has 1 aliphatic rings. The first-order chi connectivity index (χ1) is 4.47. The molecule has 5 nitrogen and oxygen atoms in total. The van der Waals surface area contributed by atoms with E-state index in [1.807, 2.05) is 10.8 Å². The fraction of sp³-hybridized carbons (Fsp3) is 0.333. The fourth-order valence-electron chi connectivity index (χ4n) is 0.787. The summed E-state index contributed by atoms with van der Waals surface area (Å²) in [6.45, 7) is 1.37. The van der Waals surface area contributed by atoms with Gasteiger partial charge in [-0.25, -0.2) is 0 Å². The number of hydrogen-bond acceptors (Lipinski definition) is 3. The minimum absolute atomic E-state index is 0. The van der Waals surface area contributed by atoms with Gasteiger partial charge in [0, 0.05) is 10.8 Å². The van der Waals surface area contributed by atoms with Crippen LogP contribution in [-0.4, -0.2) is 13.2 Å². The molecule has 0 bridgehead atoms. The summed E-state index contributed by atoms with van der Waals surface area (Å²) >= 11 is 1.61. The molecule has 0 saturated carbocycles. The molecule has 0 radical (unpaired) electrons. The molecular formula is C6H6MoO5S. The zero-order valence-corrected chi connectivity index (χ0v) is 9.25. The molecule has 1 aromatic heterocycles. The van der Waals surface area contributed by atoms with Gasteiger partial charge in [-0.05, 0) is 0 Å². The van der Waals surface area contributed by atoms with E-state index in [1.165, 1.54) is 0 Å². The topological polar surface area (TPSA) is 104 Å². The Kier molecular flexibility index (Phi) is 12.1. The largest absolute Gasteiger partial charge is 6.00 e. The van der Waals surface area contributed by atoms with Gasteiger partial charge in [0.15, 0.2) is 11.5 Å². The van der Waals surface area contributed by atoms with Crippen LogP contribution in [0.2, 0.25) is 0 Å². The molecule has 0 unspecified atom stereocenters. The van der Waals surface area contributed by atoms with Crippen molar-refractivity contribution in [3.8, 4) is 11.5 Å². The Balaban J connectivity index is -0.000000250. The van der Waals surface area contributed by atoms with Crippen molar-refractivity contribution in [3.05, 3.63) is 10.8 Å². The van der Waals surface area contributed by atoms with Crippen LogP contribution in [0.15, 0.2) is 10.8 Å². The van der Waals surface area contributed by atoms with Gasteiger partial charge in [0.25, 0.3) is 0 Å². The maximum Gasteiger partial charge on any atom is 6.00 e. The molecule has 2 heterocycles. The summed E-state index contributed by atoms with van der Waals surface area (Å²) in [5.74, 6) is 1.79. The van der Waals surface area contributed by atoms with Crippen LogP contribution in [0.5, 0.6) is 11.5 Å². The van der Waals surface area contributed by atoms with E-state index >= 15 is 0 Å². The van der Waals surface area contributed by atoms with Crippen LogP contribution in [0.25, 0.3) is 0 Å². The molecule has 0 atom stereocenters. The van der Waals surface area contributed by atoms with Gasteiger partial charge in [0.05, 0.1) is 0 Å². The molecule has 13 heavy (non-hydrogen) atoms. The third-order valence-electron chi connectivity index (χ3n) is 1.19. The van der Waals surface area contributed by atoms with Crippen LogP contribution in [0.1, 0.15) is 0 Å². The molecule has 7 heteroatoms. The summed E-state index contributed by atoms with van der Waals surface area (Å²) in [5.41, 5.74) is 0. The number of ether oxygens (including phenoxy) is 2. The summed E-state index contributed by atoms with van der Waals surface area (Å²) in [5, 5.41) is 3.91. The predicted octanol–water partition coefficient (Wildman–Crippen LogP) is 1.16. The van der Waals surface area contributed by atoms with Gasteiger partial charge in [-0.15, -0.1) is 11.3 Å². The number of rotatable bonds is 0. The number of thiophene rings is 1. The van der Waals surface area contributed by atoms with Crippen molar-refractivity contribution in [2.75, 3.05) is 13.2 Å². The molecule has 0 amide bonds. The van der Waals surface area contributed by atoms with Crippen molar-refractivity contribution in [2.24, 2.45) is 0 Å². The minimum atomic E-state index is 0. The number of fused-ring (bicyclic) bond motifs is 1. The second-order valence-corrected chi connectivity index (χ2v) is 2.54. The SMILES string of the molecule is [Mo+6].[O-2].[O-2].[O-2].c1scc2c1OCCO2. The Morgan fingerprint density at radius 1 is 0.923 bits per heavy atom. The fourth-order valence-corrected chi connectivity index (χ4v) is 1.47. The molecule has 1 aromatic rings. The van der Waals surface area contributed by atoms with Crippen molar-refractivity contribution in [3.63, 3.8) is 0 Å². The van der Waals surface area contributed by atoms with E-state index in [4.69, 9.17) is 9.47 Å². The van der Waals surface area contributed by atoms with E-state index in [2.05, 4.69) is 0 Å². The van der Waals surface area contributed by atoms with E-state index in [0.717, 1.165) is 11.5 Å². The second kappa shape index (κ2) is 8.47. The molecule has 2 rings (SSSR count). The third kappa shape index (κ3) is 4.06. The molecule has 0 saturated heterocycles. The zero-order chi connectivity index (χ0) is 6.10. The average molecular weight is 286 g/mol. The monoisotopic (exact) mass is 288 g/mol. The van der Waals surface area contributed by atoms with Crippen molar-refractivity contribution < 1.29 is 47.0 Å². The van der Waals surface area contributed by atoms with Crippen molar-refractivity contribution in [1.29, 1.82) is 0 Å². The predicted molar refractivity (Wildman–Crippen MR) is 37.4 cm³/mol. The Hall–Kier alpha value is -0.132. The smallest absolute Gasteiger partial charge is 2.00 e. The standard InChI is InChI=1S/C6H6O2S.Mo.3O/c1-2-8-6-4-9-3-5(6)7-1;;;;/h3-4H,1-2H2;;;;/q;+6;3*-2. The van der Waals surface area contributed by atoms with Gasteiger partial charge in [0.1, 0.15) is 13.2 Å². The van der Waals surface area contributed by atoms with Gasteiger partial charge in [-0.3, -0.25) is 0 Å². The van der Waals surface area contributed by atoms with E-state index < -0.39 is 0 Å². The van der Waals surface area contributed by atoms with Crippen LogP contribution in [-0.2, 0) is 37.5 Å². The van der Waals surface area contributed by atoms with Crippen molar-refractivity contribution >= 4 is 11.3 Å². The van der Waals surface area contributed by atoms with E-state index in [1.54, 1.807) is 11.3 Å². The third-order valence-corrected chi connectivity index (χ3v) is 1.89. The van der Waals surface area contributed by atoms with Gasteiger partial charge in [-0.1, -0.05) is 0 Å². The van der Waals surface area contributed by atoms with Crippen molar-refractivity contribution in [2.45, 2.75) is 0 Å². The molecule has 72 valence electrons. The van der Waals surface area contributed by atoms with Crippen LogP contribution < -0.4 is 9.47 Å². The Morgan fingerprint density at radius 2 is 1.31 bits per heavy atom. The Morgan fingerprint density at radius 3 is 1.69 bits per heavy atom. The van der Waals surface area contributed by atoms with Gasteiger partial charge in [0.2, 0.25) is 0 Å². The van der Waals surface area contributed by atoms with Gasteiger partial charge < -0.3 is 25.9 Å². The van der Waals surface area contributed by atoms with E-state index in [-0.39, 0.29) is 37.5 Å².